The van der Waals surface area contributed by atoms with E-state index in [0.717, 1.165) is 25.7 Å². The second kappa shape index (κ2) is 8.26. The van der Waals surface area contributed by atoms with Gasteiger partial charge >= 0.3 is 5.97 Å². The molecule has 0 bridgehead atoms. The first kappa shape index (κ1) is 24.0. The first-order valence-electron chi connectivity index (χ1n) is 12.2. The number of carbonyl (C=O) groups is 3. The fourth-order valence-corrected chi connectivity index (χ4v) is 8.48. The number of allylic oxidation sites excluding steroid dienone is 1. The third-order valence-corrected chi connectivity index (χ3v) is 10.5. The highest BCUT2D eigenvalue weighted by Crippen LogP contribution is 2.68. The summed E-state index contributed by atoms with van der Waals surface area (Å²) in [6.45, 7) is 9.92. The van der Waals surface area contributed by atoms with Gasteiger partial charge in [0, 0.05) is 11.8 Å². The van der Waals surface area contributed by atoms with Crippen molar-refractivity contribution >= 4 is 29.3 Å². The highest BCUT2D eigenvalue weighted by atomic mass is 32.2. The summed E-state index contributed by atoms with van der Waals surface area (Å²) < 4.78 is 6.08. The van der Waals surface area contributed by atoms with Crippen LogP contribution in [0, 0.1) is 28.6 Å². The van der Waals surface area contributed by atoms with Gasteiger partial charge in [-0.25, -0.2) is 0 Å². The molecule has 4 aliphatic carbocycles. The molecule has 0 saturated heterocycles. The summed E-state index contributed by atoms with van der Waals surface area (Å²) in [5.74, 6) is 0.594. The minimum Gasteiger partial charge on any atom is -0.450 e. The SMILES string of the molecule is CC(=O)[C@@]1(OC(=O)CSC(C)C)CC[C@H]2[C@@H]3CCC4=CC(=O)CC[C@]4(C)[C@H]3[C@@H](O)C[C@@]21C. The van der Waals surface area contributed by atoms with Crippen LogP contribution in [0.5, 0.6) is 0 Å². The van der Waals surface area contributed by atoms with Gasteiger partial charge in [0.25, 0.3) is 0 Å². The Hall–Kier alpha value is -1.14. The number of hydrogen-bond acceptors (Lipinski definition) is 6. The molecular formula is C26H38O5S. The van der Waals surface area contributed by atoms with E-state index in [9.17, 15) is 19.5 Å². The van der Waals surface area contributed by atoms with E-state index in [0.29, 0.717) is 24.5 Å². The van der Waals surface area contributed by atoms with Gasteiger partial charge in [0.2, 0.25) is 0 Å². The Bertz CT molecular complexity index is 849. The molecule has 6 heteroatoms. The van der Waals surface area contributed by atoms with Crippen molar-refractivity contribution in [2.45, 2.75) is 96.5 Å². The molecule has 0 aromatic heterocycles. The molecule has 5 nitrogen and oxygen atoms in total. The lowest BCUT2D eigenvalue weighted by molar-refractivity contribution is -0.198. The monoisotopic (exact) mass is 462 g/mol. The lowest BCUT2D eigenvalue weighted by Gasteiger charge is -2.60. The van der Waals surface area contributed by atoms with Gasteiger partial charge in [0.15, 0.2) is 17.2 Å². The van der Waals surface area contributed by atoms with Gasteiger partial charge < -0.3 is 9.84 Å². The van der Waals surface area contributed by atoms with Crippen LogP contribution in [0.3, 0.4) is 0 Å². The first-order chi connectivity index (χ1) is 14.9. The van der Waals surface area contributed by atoms with Crippen molar-refractivity contribution < 1.29 is 24.2 Å². The van der Waals surface area contributed by atoms with Gasteiger partial charge in [-0.3, -0.25) is 14.4 Å². The van der Waals surface area contributed by atoms with E-state index in [1.54, 1.807) is 6.92 Å². The topological polar surface area (TPSA) is 80.7 Å². The van der Waals surface area contributed by atoms with Crippen molar-refractivity contribution in [2.75, 3.05) is 5.75 Å². The van der Waals surface area contributed by atoms with E-state index >= 15 is 0 Å². The highest BCUT2D eigenvalue weighted by molar-refractivity contribution is 8.00. The van der Waals surface area contributed by atoms with Crippen molar-refractivity contribution in [2.24, 2.45) is 28.6 Å². The summed E-state index contributed by atoms with van der Waals surface area (Å²) in [6, 6.07) is 0. The average Bonchev–Trinajstić information content (AvgIpc) is 2.99. The molecule has 0 unspecified atom stereocenters. The smallest absolute Gasteiger partial charge is 0.316 e. The Balaban J connectivity index is 1.66. The van der Waals surface area contributed by atoms with Gasteiger partial charge in [-0.2, -0.15) is 0 Å². The molecule has 0 aromatic carbocycles. The molecule has 3 fully saturated rings. The fourth-order valence-electron chi connectivity index (χ4n) is 7.95. The average molecular weight is 463 g/mol. The van der Waals surface area contributed by atoms with Crippen LogP contribution in [0.4, 0.5) is 0 Å². The fraction of sp³-hybridized carbons (Fsp3) is 0.808. The number of Topliss-reactive ketones (excluding diaryl/α,β-unsaturated/α-hetero) is 1. The molecule has 4 aliphatic rings. The Kier molecular flexibility index (Phi) is 6.20. The van der Waals surface area contributed by atoms with Gasteiger partial charge in [0.1, 0.15) is 0 Å². The maximum atomic E-state index is 13.1. The minimum absolute atomic E-state index is 0.0867. The largest absolute Gasteiger partial charge is 0.450 e. The molecule has 0 aromatic rings. The number of thioether (sulfide) groups is 1. The van der Waals surface area contributed by atoms with Crippen LogP contribution in [0.15, 0.2) is 11.6 Å². The Morgan fingerprint density at radius 3 is 2.59 bits per heavy atom. The molecule has 3 saturated carbocycles. The number of fused-ring (bicyclic) bond motifs is 5. The van der Waals surface area contributed by atoms with Crippen LogP contribution in [-0.4, -0.2) is 45.4 Å². The summed E-state index contributed by atoms with van der Waals surface area (Å²) in [7, 11) is 0. The zero-order chi connectivity index (χ0) is 23.5. The number of hydrogen-bond donors (Lipinski definition) is 1. The van der Waals surface area contributed by atoms with Crippen molar-refractivity contribution in [3.8, 4) is 0 Å². The van der Waals surface area contributed by atoms with Crippen LogP contribution < -0.4 is 0 Å². The number of rotatable bonds is 5. The molecule has 0 aliphatic heterocycles. The summed E-state index contributed by atoms with van der Waals surface area (Å²) >= 11 is 1.52. The van der Waals surface area contributed by atoms with E-state index in [2.05, 4.69) is 13.8 Å². The summed E-state index contributed by atoms with van der Waals surface area (Å²) in [5.41, 5.74) is -0.688. The second-order valence-electron chi connectivity index (χ2n) is 11.3. The molecule has 0 radical (unpaired) electrons. The molecule has 0 amide bonds. The second-order valence-corrected chi connectivity index (χ2v) is 12.9. The number of esters is 1. The number of ether oxygens (including phenoxy) is 1. The van der Waals surface area contributed by atoms with Gasteiger partial charge in [-0.1, -0.05) is 33.3 Å². The molecule has 0 spiro atoms. The standard InChI is InChI=1S/C26H38O5S/c1-15(2)32-14-22(30)31-26(16(3)27)11-9-20-19-7-6-17-12-18(28)8-10-24(17,4)23(19)21(29)13-25(20,26)5/h12,15,19-21,23,29H,6-11,13-14H2,1-5H3/t19-,20-,21-,23+,24-,25-,26-/m0/s1. The third kappa shape index (κ3) is 3.51. The number of ketones is 2. The van der Waals surface area contributed by atoms with Crippen LogP contribution in [-0.2, 0) is 19.1 Å². The molecule has 0 heterocycles. The number of carbonyl (C=O) groups excluding carboxylic acids is 3. The van der Waals surface area contributed by atoms with Crippen LogP contribution >= 0.6 is 11.8 Å². The molecular weight excluding hydrogens is 424 g/mol. The van der Waals surface area contributed by atoms with Gasteiger partial charge in [-0.05, 0) is 79.9 Å². The minimum atomic E-state index is -1.15. The lowest BCUT2D eigenvalue weighted by atomic mass is 9.45. The highest BCUT2D eigenvalue weighted by Gasteiger charge is 2.69. The summed E-state index contributed by atoms with van der Waals surface area (Å²) in [6.07, 6.45) is 6.21. The van der Waals surface area contributed by atoms with Crippen LogP contribution in [0.1, 0.15) is 79.6 Å². The zero-order valence-electron chi connectivity index (χ0n) is 20.1. The van der Waals surface area contributed by atoms with Gasteiger partial charge in [0.05, 0.1) is 11.9 Å². The quantitative estimate of drug-likeness (QED) is 0.606. The van der Waals surface area contributed by atoms with Crippen LogP contribution in [0.25, 0.3) is 0 Å². The predicted octanol–water partition coefficient (Wildman–Crippen LogP) is 4.50. The van der Waals surface area contributed by atoms with Gasteiger partial charge in [-0.15, -0.1) is 11.8 Å². The lowest BCUT2D eigenvalue weighted by Crippen LogP contribution is -2.62. The number of aliphatic hydroxyl groups excluding tert-OH is 1. The van der Waals surface area contributed by atoms with E-state index < -0.39 is 17.1 Å². The normalized spacial score (nSPS) is 43.2. The molecule has 7 atom stereocenters. The summed E-state index contributed by atoms with van der Waals surface area (Å²) in [5, 5.41) is 11.9. The maximum absolute atomic E-state index is 13.1. The van der Waals surface area contributed by atoms with E-state index in [1.165, 1.54) is 17.3 Å². The van der Waals surface area contributed by atoms with Crippen molar-refractivity contribution in [1.82, 2.24) is 0 Å². The molecule has 1 N–H and O–H groups in total. The predicted molar refractivity (Wildman–Crippen MR) is 125 cm³/mol. The molecule has 32 heavy (non-hydrogen) atoms. The molecule has 4 rings (SSSR count). The maximum Gasteiger partial charge on any atom is 0.316 e. The van der Waals surface area contributed by atoms with Crippen molar-refractivity contribution in [3.63, 3.8) is 0 Å². The number of aliphatic hydroxyl groups is 1. The van der Waals surface area contributed by atoms with E-state index in [4.69, 9.17) is 4.74 Å². The molecule has 178 valence electrons. The van der Waals surface area contributed by atoms with Crippen molar-refractivity contribution in [1.29, 1.82) is 0 Å². The third-order valence-electron chi connectivity index (χ3n) is 9.41. The van der Waals surface area contributed by atoms with E-state index in [1.807, 2.05) is 19.9 Å². The van der Waals surface area contributed by atoms with Crippen LogP contribution in [0.2, 0.25) is 0 Å². The Labute approximate surface area is 196 Å². The first-order valence-corrected chi connectivity index (χ1v) is 13.3. The van der Waals surface area contributed by atoms with E-state index in [-0.39, 0.29) is 46.5 Å². The summed E-state index contributed by atoms with van der Waals surface area (Å²) in [4.78, 5) is 37.9. The Morgan fingerprint density at radius 1 is 1.22 bits per heavy atom. The Morgan fingerprint density at radius 2 is 1.94 bits per heavy atom. The van der Waals surface area contributed by atoms with Crippen molar-refractivity contribution in [3.05, 3.63) is 11.6 Å². The zero-order valence-corrected chi connectivity index (χ0v) is 20.9.